The van der Waals surface area contributed by atoms with Crippen LogP contribution in [-0.2, 0) is 21.2 Å². The Morgan fingerprint density at radius 1 is 1.08 bits per heavy atom. The molecule has 1 amide bonds. The van der Waals surface area contributed by atoms with E-state index in [9.17, 15) is 26.4 Å². The molecule has 0 saturated carbocycles. The molecule has 146 valence electrons. The Kier molecular flexibility index (Phi) is 6.33. The highest BCUT2D eigenvalue weighted by Crippen LogP contribution is 2.23. The number of halogens is 3. The quantitative estimate of drug-likeness (QED) is 0.774. The van der Waals surface area contributed by atoms with Crippen molar-refractivity contribution >= 4 is 15.9 Å². The second-order valence-corrected chi connectivity index (χ2v) is 8.76. The SMILES string of the molecule is CC(C)Cc1ccc(S(=O)(=O)N2CCN(C(=O)CC(F)(F)F)CC2)cc1. The van der Waals surface area contributed by atoms with Gasteiger partial charge in [0.25, 0.3) is 0 Å². The van der Waals surface area contributed by atoms with E-state index in [0.29, 0.717) is 5.92 Å². The number of piperazine rings is 1. The van der Waals surface area contributed by atoms with Crippen LogP contribution in [0, 0.1) is 5.92 Å². The maximum absolute atomic E-state index is 12.7. The van der Waals surface area contributed by atoms with E-state index in [2.05, 4.69) is 13.8 Å². The molecule has 26 heavy (non-hydrogen) atoms. The molecule has 1 aromatic rings. The van der Waals surface area contributed by atoms with Gasteiger partial charge in [0.15, 0.2) is 0 Å². The molecule has 2 rings (SSSR count). The average molecular weight is 392 g/mol. The van der Waals surface area contributed by atoms with Crippen molar-refractivity contribution in [3.05, 3.63) is 29.8 Å². The van der Waals surface area contributed by atoms with Gasteiger partial charge in [-0.25, -0.2) is 8.42 Å². The number of amides is 1. The lowest BCUT2D eigenvalue weighted by molar-refractivity contribution is -0.162. The highest BCUT2D eigenvalue weighted by atomic mass is 32.2. The minimum Gasteiger partial charge on any atom is -0.340 e. The number of sulfonamides is 1. The van der Waals surface area contributed by atoms with E-state index in [0.717, 1.165) is 16.9 Å². The van der Waals surface area contributed by atoms with E-state index in [4.69, 9.17) is 0 Å². The van der Waals surface area contributed by atoms with Gasteiger partial charge < -0.3 is 4.90 Å². The zero-order chi connectivity index (χ0) is 19.5. The van der Waals surface area contributed by atoms with E-state index in [-0.39, 0.29) is 31.1 Å². The van der Waals surface area contributed by atoms with Crippen molar-refractivity contribution in [3.63, 3.8) is 0 Å². The van der Waals surface area contributed by atoms with Gasteiger partial charge in [0.05, 0.1) is 4.90 Å². The first-order valence-electron chi connectivity index (χ1n) is 8.42. The first-order valence-corrected chi connectivity index (χ1v) is 9.86. The van der Waals surface area contributed by atoms with Crippen molar-refractivity contribution in [2.24, 2.45) is 5.92 Å². The molecule has 0 bridgehead atoms. The molecule has 0 atom stereocenters. The molecule has 0 spiro atoms. The Balaban J connectivity index is 2.00. The minimum absolute atomic E-state index is 0.0142. The number of alkyl halides is 3. The van der Waals surface area contributed by atoms with Crippen LogP contribution in [0.5, 0.6) is 0 Å². The molecular weight excluding hydrogens is 369 g/mol. The monoisotopic (exact) mass is 392 g/mol. The van der Waals surface area contributed by atoms with Crippen molar-refractivity contribution in [2.75, 3.05) is 26.2 Å². The van der Waals surface area contributed by atoms with E-state index in [1.807, 2.05) is 0 Å². The predicted octanol–water partition coefficient (Wildman–Crippen LogP) is 2.67. The molecule has 1 fully saturated rings. The summed E-state index contributed by atoms with van der Waals surface area (Å²) in [6.07, 6.45) is -5.23. The maximum atomic E-state index is 12.7. The third-order valence-electron chi connectivity index (χ3n) is 4.15. The van der Waals surface area contributed by atoms with E-state index in [1.165, 1.54) is 4.31 Å². The Morgan fingerprint density at radius 2 is 1.62 bits per heavy atom. The highest BCUT2D eigenvalue weighted by molar-refractivity contribution is 7.89. The number of carbonyl (C=O) groups excluding carboxylic acids is 1. The van der Waals surface area contributed by atoms with Gasteiger partial charge >= 0.3 is 6.18 Å². The fourth-order valence-electron chi connectivity index (χ4n) is 2.88. The highest BCUT2D eigenvalue weighted by Gasteiger charge is 2.36. The summed E-state index contributed by atoms with van der Waals surface area (Å²) in [6, 6.07) is 6.65. The van der Waals surface area contributed by atoms with Crippen LogP contribution in [0.4, 0.5) is 13.2 Å². The van der Waals surface area contributed by atoms with Crippen LogP contribution in [-0.4, -0.2) is 55.9 Å². The van der Waals surface area contributed by atoms with E-state index < -0.39 is 28.5 Å². The summed E-state index contributed by atoms with van der Waals surface area (Å²) in [5, 5.41) is 0. The van der Waals surface area contributed by atoms with Crippen molar-refractivity contribution in [3.8, 4) is 0 Å². The number of hydrogen-bond donors (Lipinski definition) is 0. The summed E-state index contributed by atoms with van der Waals surface area (Å²) in [7, 11) is -3.72. The molecule has 0 radical (unpaired) electrons. The number of rotatable bonds is 5. The van der Waals surface area contributed by atoms with Crippen molar-refractivity contribution in [2.45, 2.75) is 37.8 Å². The van der Waals surface area contributed by atoms with E-state index in [1.54, 1.807) is 24.3 Å². The summed E-state index contributed by atoms with van der Waals surface area (Å²) in [5.74, 6) is -0.563. The lowest BCUT2D eigenvalue weighted by atomic mass is 10.0. The van der Waals surface area contributed by atoms with Gasteiger partial charge in [0.2, 0.25) is 15.9 Å². The zero-order valence-corrected chi connectivity index (χ0v) is 15.6. The van der Waals surface area contributed by atoms with Crippen LogP contribution in [0.2, 0.25) is 0 Å². The fraction of sp³-hybridized carbons (Fsp3) is 0.588. The second-order valence-electron chi connectivity index (χ2n) is 6.82. The van der Waals surface area contributed by atoms with Gasteiger partial charge in [-0.1, -0.05) is 26.0 Å². The molecular formula is C17H23F3N2O3S. The molecule has 0 aliphatic carbocycles. The smallest absolute Gasteiger partial charge is 0.340 e. The Labute approximate surface area is 151 Å². The van der Waals surface area contributed by atoms with Gasteiger partial charge in [-0.3, -0.25) is 4.79 Å². The third kappa shape index (κ3) is 5.44. The van der Waals surface area contributed by atoms with Gasteiger partial charge in [-0.05, 0) is 30.0 Å². The fourth-order valence-corrected chi connectivity index (χ4v) is 4.30. The molecule has 1 aliphatic heterocycles. The van der Waals surface area contributed by atoms with Crippen LogP contribution in [0.25, 0.3) is 0 Å². The average Bonchev–Trinajstić information content (AvgIpc) is 2.53. The number of hydrogen-bond acceptors (Lipinski definition) is 3. The second kappa shape index (κ2) is 7.96. The van der Waals surface area contributed by atoms with Crippen LogP contribution >= 0.6 is 0 Å². The van der Waals surface area contributed by atoms with Gasteiger partial charge in [-0.2, -0.15) is 17.5 Å². The summed E-state index contributed by atoms with van der Waals surface area (Å²) in [5.41, 5.74) is 1.04. The van der Waals surface area contributed by atoms with Crippen molar-refractivity contribution in [1.29, 1.82) is 0 Å². The molecule has 1 aliphatic rings. The topological polar surface area (TPSA) is 57.7 Å². The minimum atomic E-state index is -4.56. The Bertz CT molecular complexity index is 723. The summed E-state index contributed by atoms with van der Waals surface area (Å²) < 4.78 is 63.5. The maximum Gasteiger partial charge on any atom is 0.397 e. The van der Waals surface area contributed by atoms with Gasteiger partial charge in [-0.15, -0.1) is 0 Å². The van der Waals surface area contributed by atoms with Crippen molar-refractivity contribution < 1.29 is 26.4 Å². The van der Waals surface area contributed by atoms with Crippen molar-refractivity contribution in [1.82, 2.24) is 9.21 Å². The van der Waals surface area contributed by atoms with Crippen LogP contribution in [0.15, 0.2) is 29.2 Å². The lowest BCUT2D eigenvalue weighted by Crippen LogP contribution is -2.51. The van der Waals surface area contributed by atoms with Gasteiger partial charge in [0, 0.05) is 26.2 Å². The number of benzene rings is 1. The summed E-state index contributed by atoms with van der Waals surface area (Å²) in [4.78, 5) is 12.8. The van der Waals surface area contributed by atoms with Crippen LogP contribution in [0.3, 0.4) is 0 Å². The molecule has 0 aromatic heterocycles. The van der Waals surface area contributed by atoms with Gasteiger partial charge in [0.1, 0.15) is 6.42 Å². The molecule has 1 saturated heterocycles. The molecule has 9 heteroatoms. The number of nitrogens with zero attached hydrogens (tertiary/aromatic N) is 2. The first kappa shape index (κ1) is 20.7. The Morgan fingerprint density at radius 3 is 2.08 bits per heavy atom. The third-order valence-corrected chi connectivity index (χ3v) is 6.06. The summed E-state index contributed by atoms with van der Waals surface area (Å²) >= 11 is 0. The first-order chi connectivity index (χ1) is 12.0. The molecule has 5 nitrogen and oxygen atoms in total. The normalized spacial score (nSPS) is 16.9. The number of carbonyl (C=O) groups is 1. The molecule has 1 aromatic carbocycles. The predicted molar refractivity (Wildman–Crippen MR) is 91.0 cm³/mol. The zero-order valence-electron chi connectivity index (χ0n) is 14.8. The molecule has 1 heterocycles. The standard InChI is InChI=1S/C17H23F3N2O3S/c1-13(2)11-14-3-5-15(6-4-14)26(24,25)22-9-7-21(8-10-22)16(23)12-17(18,19)20/h3-6,13H,7-12H2,1-2H3. The molecule has 0 unspecified atom stereocenters. The van der Waals surface area contributed by atoms with E-state index >= 15 is 0 Å². The van der Waals surface area contributed by atoms with Crippen LogP contribution in [0.1, 0.15) is 25.8 Å². The Hall–Kier alpha value is -1.61. The largest absolute Gasteiger partial charge is 0.397 e. The molecule has 0 N–H and O–H groups in total. The summed E-state index contributed by atoms with van der Waals surface area (Å²) in [6.45, 7) is 4.03. The van der Waals surface area contributed by atoms with Crippen LogP contribution < -0.4 is 0 Å². The lowest BCUT2D eigenvalue weighted by Gasteiger charge is -2.34.